The number of nitrogens with one attached hydrogen (secondary N) is 2. The molecule has 0 radical (unpaired) electrons. The lowest BCUT2D eigenvalue weighted by Gasteiger charge is -2.32. The third-order valence-corrected chi connectivity index (χ3v) is 13.5. The number of aromatic nitrogens is 2. The van der Waals surface area contributed by atoms with Crippen molar-refractivity contribution in [2.24, 2.45) is 0 Å². The van der Waals surface area contributed by atoms with Gasteiger partial charge >= 0.3 is 19.2 Å². The van der Waals surface area contributed by atoms with Crippen LogP contribution in [-0.2, 0) is 14.6 Å². The maximum absolute atomic E-state index is 15.4. The Morgan fingerprint density at radius 1 is 0.846 bits per heavy atom. The smallest absolute Gasteiger partial charge is 0.387 e. The first kappa shape index (κ1) is 45.8. The van der Waals surface area contributed by atoms with Crippen LogP contribution in [0.4, 0.5) is 37.7 Å². The Hall–Kier alpha value is -5.77. The van der Waals surface area contributed by atoms with Crippen molar-refractivity contribution in [3.63, 3.8) is 0 Å². The van der Waals surface area contributed by atoms with Gasteiger partial charge in [-0.05, 0) is 44.7 Å². The highest BCUT2D eigenvalue weighted by Gasteiger charge is 2.40. The van der Waals surface area contributed by atoms with Gasteiger partial charge in [-0.2, -0.15) is 22.8 Å². The normalized spacial score (nSPS) is 16.9. The van der Waals surface area contributed by atoms with Crippen LogP contribution in [0.5, 0.6) is 17.2 Å². The number of ether oxygens (including phenoxy) is 3. The summed E-state index contributed by atoms with van der Waals surface area (Å²) < 4.78 is 128. The quantitative estimate of drug-likeness (QED) is 0.113. The van der Waals surface area contributed by atoms with E-state index in [1.807, 2.05) is 6.07 Å². The van der Waals surface area contributed by atoms with Gasteiger partial charge in [-0.25, -0.2) is 22.0 Å². The van der Waals surface area contributed by atoms with Crippen molar-refractivity contribution in [3.05, 3.63) is 54.7 Å². The third kappa shape index (κ3) is 8.49. The monoisotopic (exact) mass is 953 g/mol. The standard InChI is InChI=1S/C21H24F3N3O6S.C20H17F3N4O3S/c1-3-32-20(29)14-17(28)12-10-13(22)16(26-8-6-25-7-9-26)18(33-21(23)24)15(12)27(11-4-5-11)19(14)34(2,30)31;21-11-7-10-14(18(30-20(22)23)15(11)26-5-3-25-4-6-26)27(9-1-2-9)19-13(16(10)28)17(29)12(8-24)31-19/h10-11,21,25H,3-9H2,1-2H3;7,9,20,25,29H,1-6H2. The van der Waals surface area contributed by atoms with E-state index in [2.05, 4.69) is 10.6 Å². The Balaban J connectivity index is 0.000000178. The molecular formula is C41H41F6N7O9S2. The average molecular weight is 954 g/mol. The summed E-state index contributed by atoms with van der Waals surface area (Å²) in [5.41, 5.74) is -3.23. The number of fused-ring (bicyclic) bond motifs is 3. The number of sulfone groups is 1. The van der Waals surface area contributed by atoms with E-state index in [9.17, 15) is 50.7 Å². The van der Waals surface area contributed by atoms with E-state index in [0.29, 0.717) is 56.9 Å². The lowest BCUT2D eigenvalue weighted by Crippen LogP contribution is -2.44. The first-order valence-electron chi connectivity index (χ1n) is 20.6. The number of carbonyl (C=O) groups is 1. The number of hydrogen-bond donors (Lipinski definition) is 3. The predicted octanol–water partition coefficient (Wildman–Crippen LogP) is 5.35. The van der Waals surface area contributed by atoms with Crippen LogP contribution in [0.2, 0.25) is 0 Å². The molecular weight excluding hydrogens is 913 g/mol. The number of nitrogens with zero attached hydrogens (tertiary/aromatic N) is 5. The van der Waals surface area contributed by atoms with Crippen LogP contribution in [0.15, 0.2) is 26.7 Å². The van der Waals surface area contributed by atoms with Gasteiger partial charge in [0.15, 0.2) is 43.7 Å². The summed E-state index contributed by atoms with van der Waals surface area (Å²) in [5.74, 6) is -4.51. The number of benzene rings is 2. The number of pyridine rings is 2. The Labute approximate surface area is 369 Å². The zero-order valence-electron chi connectivity index (χ0n) is 34.7. The molecule has 0 bridgehead atoms. The average Bonchev–Trinajstić information content (AvgIpc) is 4.20. The number of hydrogen-bond acceptors (Lipinski definition) is 15. The summed E-state index contributed by atoms with van der Waals surface area (Å²) in [6.45, 7) is -1.94. The Bertz CT molecular complexity index is 3010. The molecule has 348 valence electrons. The first-order valence-corrected chi connectivity index (χ1v) is 23.3. The largest absolute Gasteiger partial charge is 0.505 e. The molecule has 65 heavy (non-hydrogen) atoms. The highest BCUT2D eigenvalue weighted by Crippen LogP contribution is 2.49. The van der Waals surface area contributed by atoms with Crippen LogP contribution < -0.4 is 40.8 Å². The van der Waals surface area contributed by atoms with E-state index in [4.69, 9.17) is 14.2 Å². The molecule has 2 aliphatic carbocycles. The Kier molecular flexibility index (Phi) is 12.6. The molecule has 0 spiro atoms. The molecule has 0 amide bonds. The summed E-state index contributed by atoms with van der Waals surface area (Å²) in [6.07, 6.45) is 3.20. The van der Waals surface area contributed by atoms with Gasteiger partial charge in [0.2, 0.25) is 10.9 Å². The molecule has 4 aliphatic rings. The predicted molar refractivity (Wildman–Crippen MR) is 227 cm³/mol. The van der Waals surface area contributed by atoms with E-state index in [-0.39, 0.29) is 69.5 Å². The summed E-state index contributed by atoms with van der Waals surface area (Å²) in [5, 5.41) is 24.6. The molecule has 3 N–H and O–H groups in total. The Morgan fingerprint density at radius 2 is 1.31 bits per heavy atom. The molecule has 2 aliphatic heterocycles. The SMILES string of the molecule is CCOC(=O)c1c(S(C)(=O)=O)n(C2CC2)c2c(OC(F)F)c(N3CCNCC3)c(F)cc2c1=O.N#Cc1sc2c(c1O)c(=O)c1cc(F)c(N3CCNCC3)c(OC(F)F)c1n2C1CC1. The molecule has 5 heterocycles. The van der Waals surface area contributed by atoms with Crippen LogP contribution in [0, 0.1) is 23.0 Å². The molecule has 16 nitrogen and oxygen atoms in total. The molecule has 4 fully saturated rings. The minimum atomic E-state index is -4.24. The summed E-state index contributed by atoms with van der Waals surface area (Å²) in [6, 6.07) is 3.08. The molecule has 3 aromatic heterocycles. The van der Waals surface area contributed by atoms with Gasteiger partial charge in [0.25, 0.3) is 0 Å². The van der Waals surface area contributed by atoms with Crippen molar-refractivity contribution in [2.45, 2.75) is 62.9 Å². The second kappa shape index (κ2) is 17.9. The minimum Gasteiger partial charge on any atom is -0.505 e. The third-order valence-electron chi connectivity index (χ3n) is 11.3. The number of halogens is 6. The van der Waals surface area contributed by atoms with Crippen molar-refractivity contribution < 1.29 is 58.9 Å². The maximum atomic E-state index is 15.4. The second-order valence-electron chi connectivity index (χ2n) is 15.7. The summed E-state index contributed by atoms with van der Waals surface area (Å²) in [4.78, 5) is 42.6. The number of aromatic hydroxyl groups is 1. The molecule has 5 aromatic rings. The fourth-order valence-corrected chi connectivity index (χ4v) is 10.7. The van der Waals surface area contributed by atoms with E-state index in [0.717, 1.165) is 47.1 Å². The zero-order valence-corrected chi connectivity index (χ0v) is 36.3. The van der Waals surface area contributed by atoms with E-state index >= 15 is 8.78 Å². The maximum Gasteiger partial charge on any atom is 0.387 e. The van der Waals surface area contributed by atoms with Gasteiger partial charge in [-0.15, -0.1) is 11.3 Å². The highest BCUT2D eigenvalue weighted by molar-refractivity contribution is 7.90. The summed E-state index contributed by atoms with van der Waals surface area (Å²) >= 11 is 0.913. The van der Waals surface area contributed by atoms with Crippen molar-refractivity contribution in [2.75, 3.05) is 75.0 Å². The van der Waals surface area contributed by atoms with Gasteiger partial charge < -0.3 is 48.9 Å². The number of esters is 1. The van der Waals surface area contributed by atoms with Gasteiger partial charge in [-0.3, -0.25) is 9.59 Å². The molecule has 9 rings (SSSR count). The van der Waals surface area contributed by atoms with Gasteiger partial charge in [0, 0.05) is 70.7 Å². The van der Waals surface area contributed by atoms with Crippen LogP contribution in [-0.4, -0.2) is 107 Å². The van der Waals surface area contributed by atoms with Crippen LogP contribution in [0.1, 0.15) is 59.9 Å². The number of piperazine rings is 2. The first-order chi connectivity index (χ1) is 31.0. The molecule has 24 heteroatoms. The number of carbonyl (C=O) groups excluding carboxylic acids is 1. The molecule has 0 unspecified atom stereocenters. The number of alkyl halides is 4. The van der Waals surface area contributed by atoms with Crippen molar-refractivity contribution >= 4 is 70.5 Å². The summed E-state index contributed by atoms with van der Waals surface area (Å²) in [7, 11) is -4.24. The van der Waals surface area contributed by atoms with Gasteiger partial charge in [0.05, 0.1) is 28.4 Å². The van der Waals surface area contributed by atoms with Crippen LogP contribution in [0.3, 0.4) is 0 Å². The van der Waals surface area contributed by atoms with Gasteiger partial charge in [-0.1, -0.05) is 0 Å². The lowest BCUT2D eigenvalue weighted by molar-refractivity contribution is -0.0495. The van der Waals surface area contributed by atoms with Crippen molar-refractivity contribution in [1.82, 2.24) is 19.8 Å². The number of thiophene rings is 1. The molecule has 2 saturated carbocycles. The topological polar surface area (TPSA) is 197 Å². The lowest BCUT2D eigenvalue weighted by atomic mass is 10.1. The molecule has 2 saturated heterocycles. The Morgan fingerprint density at radius 3 is 1.74 bits per heavy atom. The highest BCUT2D eigenvalue weighted by atomic mass is 32.2. The van der Waals surface area contributed by atoms with E-state index in [1.54, 1.807) is 9.47 Å². The number of rotatable bonds is 11. The van der Waals surface area contributed by atoms with Crippen LogP contribution in [0.25, 0.3) is 32.0 Å². The van der Waals surface area contributed by atoms with Gasteiger partial charge in [0.1, 0.15) is 38.1 Å². The van der Waals surface area contributed by atoms with Crippen molar-refractivity contribution in [3.8, 4) is 23.3 Å². The number of nitriles is 1. The van der Waals surface area contributed by atoms with Crippen LogP contribution >= 0.6 is 11.3 Å². The molecule has 0 atom stereocenters. The van der Waals surface area contributed by atoms with Crippen molar-refractivity contribution in [1.29, 1.82) is 5.26 Å². The fraction of sp³-hybridized carbons (Fsp3) is 0.463. The van der Waals surface area contributed by atoms with E-state index in [1.165, 1.54) is 11.8 Å². The second-order valence-corrected chi connectivity index (χ2v) is 18.6. The minimum absolute atomic E-state index is 0.0593. The number of anilines is 2. The zero-order chi connectivity index (χ0) is 46.6. The fourth-order valence-electron chi connectivity index (χ4n) is 8.47. The van der Waals surface area contributed by atoms with E-state index < -0.39 is 85.0 Å². The molecule has 2 aromatic carbocycles.